The summed E-state index contributed by atoms with van der Waals surface area (Å²) in [5, 5.41) is 54.6. The third-order valence-electron chi connectivity index (χ3n) is 13.1. The zero-order valence-electron chi connectivity index (χ0n) is 43.1. The van der Waals surface area contributed by atoms with Gasteiger partial charge >= 0.3 is 0 Å². The van der Waals surface area contributed by atoms with Gasteiger partial charge in [-0.15, -0.1) is 0 Å². The van der Waals surface area contributed by atoms with Gasteiger partial charge in [0, 0.05) is 6.42 Å². The van der Waals surface area contributed by atoms with Crippen LogP contribution in [-0.4, -0.2) is 87.5 Å². The number of aliphatic hydroxyl groups is 5. The molecular weight excluding hydrogens is 839 g/mol. The van der Waals surface area contributed by atoms with E-state index in [1.165, 1.54) is 154 Å². The van der Waals surface area contributed by atoms with Crippen LogP contribution < -0.4 is 5.32 Å². The minimum atomic E-state index is -1.57. The standard InChI is InChI=1S/C58H105NO8/c1-3-5-7-9-11-13-15-17-19-21-22-23-24-25-26-27-28-29-30-32-33-35-37-39-41-43-45-47-52(61)51(50-66-58-57(65)56(64)55(63)53(49-60)67-58)59-54(62)48-46-44-42-40-38-36-34-31-20-18-16-14-12-10-8-6-4-2/h6,8,12,14,18,20,34,36,40,42,51-53,55-58,60-61,63-65H,3-5,7,9-11,13,15-17,19,21-33,35,37-39,41,43-50H2,1-2H3,(H,59,62)/b8-6-,14-12-,20-18-,36-34-,42-40-. The monoisotopic (exact) mass is 944 g/mol. The lowest BCUT2D eigenvalue weighted by molar-refractivity contribution is -0.302. The van der Waals surface area contributed by atoms with Gasteiger partial charge in [0.1, 0.15) is 24.4 Å². The Balaban J connectivity index is 2.22. The third-order valence-corrected chi connectivity index (χ3v) is 13.1. The molecule has 0 aliphatic carbocycles. The molecule has 0 spiro atoms. The molecule has 7 atom stereocenters. The predicted octanol–water partition coefficient (Wildman–Crippen LogP) is 13.5. The van der Waals surface area contributed by atoms with E-state index in [1.54, 1.807) is 0 Å². The zero-order chi connectivity index (χ0) is 48.7. The van der Waals surface area contributed by atoms with Crippen LogP contribution in [0.2, 0.25) is 0 Å². The number of amides is 1. The number of ether oxygens (including phenoxy) is 2. The Morgan fingerprint density at radius 3 is 1.31 bits per heavy atom. The van der Waals surface area contributed by atoms with Crippen molar-refractivity contribution in [1.82, 2.24) is 5.32 Å². The maximum absolute atomic E-state index is 13.0. The van der Waals surface area contributed by atoms with Crippen molar-refractivity contribution >= 4 is 5.91 Å². The van der Waals surface area contributed by atoms with Crippen LogP contribution in [0, 0.1) is 0 Å². The highest BCUT2D eigenvalue weighted by atomic mass is 16.7. The highest BCUT2D eigenvalue weighted by Crippen LogP contribution is 2.23. The quantitative estimate of drug-likeness (QED) is 0.0261. The summed E-state index contributed by atoms with van der Waals surface area (Å²) in [4.78, 5) is 13.0. The van der Waals surface area contributed by atoms with E-state index in [0.29, 0.717) is 12.8 Å². The van der Waals surface area contributed by atoms with Crippen molar-refractivity contribution in [3.8, 4) is 0 Å². The van der Waals surface area contributed by atoms with Crippen molar-refractivity contribution in [2.75, 3.05) is 13.2 Å². The first-order chi connectivity index (χ1) is 32.8. The normalized spacial score (nSPS) is 20.1. The Kier molecular flexibility index (Phi) is 44.7. The van der Waals surface area contributed by atoms with Crippen LogP contribution in [-0.2, 0) is 14.3 Å². The number of aliphatic hydroxyl groups excluding tert-OH is 5. The fourth-order valence-electron chi connectivity index (χ4n) is 8.73. The molecule has 0 aromatic rings. The Bertz CT molecular complexity index is 1230. The van der Waals surface area contributed by atoms with E-state index in [0.717, 1.165) is 57.8 Å². The molecule has 9 heteroatoms. The molecule has 9 nitrogen and oxygen atoms in total. The second kappa shape index (κ2) is 47.6. The first-order valence-corrected chi connectivity index (χ1v) is 28.0. The molecule has 7 unspecified atom stereocenters. The summed E-state index contributed by atoms with van der Waals surface area (Å²) >= 11 is 0. The van der Waals surface area contributed by atoms with Crippen LogP contribution in [0.5, 0.6) is 0 Å². The molecule has 1 saturated heterocycles. The summed E-state index contributed by atoms with van der Waals surface area (Å²) in [6, 6.07) is -0.752. The number of nitrogens with one attached hydrogen (secondary N) is 1. The molecule has 1 aliphatic rings. The van der Waals surface area contributed by atoms with Gasteiger partial charge < -0.3 is 40.3 Å². The fraction of sp³-hybridized carbons (Fsp3) is 0.810. The van der Waals surface area contributed by atoms with Crippen molar-refractivity contribution in [2.45, 2.75) is 288 Å². The number of carbonyl (C=O) groups is 1. The van der Waals surface area contributed by atoms with Gasteiger partial charge in [-0.25, -0.2) is 0 Å². The van der Waals surface area contributed by atoms with Gasteiger partial charge in [0.15, 0.2) is 6.29 Å². The zero-order valence-corrected chi connectivity index (χ0v) is 43.1. The maximum atomic E-state index is 13.0. The molecule has 0 bridgehead atoms. The first kappa shape index (κ1) is 62.9. The van der Waals surface area contributed by atoms with E-state index in [4.69, 9.17) is 9.47 Å². The van der Waals surface area contributed by atoms with Crippen LogP contribution >= 0.6 is 0 Å². The average Bonchev–Trinajstić information content (AvgIpc) is 3.33. The van der Waals surface area contributed by atoms with E-state index in [1.807, 2.05) is 0 Å². The van der Waals surface area contributed by atoms with Gasteiger partial charge in [-0.2, -0.15) is 0 Å². The molecule has 1 rings (SSSR count). The van der Waals surface area contributed by atoms with Gasteiger partial charge in [0.25, 0.3) is 0 Å². The SMILES string of the molecule is CC/C=C\C/C=C\C/C=C\C/C=C\C/C=C\CCCC(=O)NC(COC1OC(CO)C(O)C(O)C1O)C(O)CCCCCCCCCCCCCCCCCCCCCCCCCCCCC. The van der Waals surface area contributed by atoms with E-state index >= 15 is 0 Å². The van der Waals surface area contributed by atoms with Gasteiger partial charge in [0.2, 0.25) is 5.91 Å². The van der Waals surface area contributed by atoms with E-state index in [2.05, 4.69) is 79.9 Å². The topological polar surface area (TPSA) is 149 Å². The molecule has 390 valence electrons. The molecule has 67 heavy (non-hydrogen) atoms. The molecule has 1 amide bonds. The van der Waals surface area contributed by atoms with Gasteiger partial charge in [-0.3, -0.25) is 4.79 Å². The smallest absolute Gasteiger partial charge is 0.220 e. The molecule has 6 N–H and O–H groups in total. The van der Waals surface area contributed by atoms with Crippen molar-refractivity contribution in [1.29, 1.82) is 0 Å². The molecule has 1 fully saturated rings. The van der Waals surface area contributed by atoms with Crippen LogP contribution in [0.15, 0.2) is 60.8 Å². The van der Waals surface area contributed by atoms with E-state index in [9.17, 15) is 30.3 Å². The van der Waals surface area contributed by atoms with Crippen molar-refractivity contribution < 1.29 is 39.8 Å². The highest BCUT2D eigenvalue weighted by molar-refractivity contribution is 5.76. The van der Waals surface area contributed by atoms with Gasteiger partial charge in [0.05, 0.1) is 25.4 Å². The number of carbonyl (C=O) groups excluding carboxylic acids is 1. The Hall–Kier alpha value is -2.11. The Morgan fingerprint density at radius 2 is 0.910 bits per heavy atom. The lowest BCUT2D eigenvalue weighted by atomic mass is 9.99. The molecule has 0 aromatic carbocycles. The van der Waals surface area contributed by atoms with Gasteiger partial charge in [-0.1, -0.05) is 248 Å². The summed E-state index contributed by atoms with van der Waals surface area (Å²) in [5.41, 5.74) is 0. The minimum absolute atomic E-state index is 0.163. The molecule has 0 aromatic heterocycles. The van der Waals surface area contributed by atoms with Crippen molar-refractivity contribution in [3.05, 3.63) is 60.8 Å². The lowest BCUT2D eigenvalue weighted by Crippen LogP contribution is -2.60. The van der Waals surface area contributed by atoms with E-state index < -0.39 is 49.5 Å². The maximum Gasteiger partial charge on any atom is 0.220 e. The molecule has 1 heterocycles. The van der Waals surface area contributed by atoms with Crippen molar-refractivity contribution in [3.63, 3.8) is 0 Å². The summed E-state index contributed by atoms with van der Waals surface area (Å²) in [5.74, 6) is -0.200. The van der Waals surface area contributed by atoms with Crippen LogP contribution in [0.1, 0.15) is 245 Å². The number of allylic oxidation sites excluding steroid dienone is 10. The lowest BCUT2D eigenvalue weighted by Gasteiger charge is -2.40. The van der Waals surface area contributed by atoms with Crippen LogP contribution in [0.3, 0.4) is 0 Å². The van der Waals surface area contributed by atoms with Crippen molar-refractivity contribution in [2.24, 2.45) is 0 Å². The number of hydrogen-bond acceptors (Lipinski definition) is 8. The predicted molar refractivity (Wildman–Crippen MR) is 281 cm³/mol. The largest absolute Gasteiger partial charge is 0.394 e. The number of rotatable bonds is 47. The third kappa shape index (κ3) is 37.4. The van der Waals surface area contributed by atoms with Crippen LogP contribution in [0.25, 0.3) is 0 Å². The second-order valence-electron chi connectivity index (χ2n) is 19.4. The Labute approximate surface area is 411 Å². The molecular formula is C58H105NO8. The number of unbranched alkanes of at least 4 members (excludes halogenated alkanes) is 27. The molecule has 0 radical (unpaired) electrons. The second-order valence-corrected chi connectivity index (χ2v) is 19.4. The van der Waals surface area contributed by atoms with Crippen LogP contribution in [0.4, 0.5) is 0 Å². The summed E-state index contributed by atoms with van der Waals surface area (Å²) in [6.07, 6.45) is 56.9. The minimum Gasteiger partial charge on any atom is -0.394 e. The Morgan fingerprint density at radius 1 is 0.522 bits per heavy atom. The number of hydrogen-bond donors (Lipinski definition) is 6. The highest BCUT2D eigenvalue weighted by Gasteiger charge is 2.44. The molecule has 1 aliphatic heterocycles. The summed E-state index contributed by atoms with van der Waals surface area (Å²) in [6.45, 7) is 3.70. The average molecular weight is 944 g/mol. The summed E-state index contributed by atoms with van der Waals surface area (Å²) in [7, 11) is 0. The fourth-order valence-corrected chi connectivity index (χ4v) is 8.73. The first-order valence-electron chi connectivity index (χ1n) is 28.0. The summed E-state index contributed by atoms with van der Waals surface area (Å²) < 4.78 is 11.3. The molecule has 0 saturated carbocycles. The van der Waals surface area contributed by atoms with E-state index in [-0.39, 0.29) is 18.9 Å². The van der Waals surface area contributed by atoms with Gasteiger partial charge in [-0.05, 0) is 51.4 Å².